The summed E-state index contributed by atoms with van der Waals surface area (Å²) in [4.78, 5) is 8.52. The molecule has 0 aromatic carbocycles. The predicted molar refractivity (Wildman–Crippen MR) is 76.0 cm³/mol. The number of aromatic nitrogens is 2. The molecule has 5 heteroatoms. The lowest BCUT2D eigenvalue weighted by atomic mass is 9.95. The van der Waals surface area contributed by atoms with Gasteiger partial charge in [0, 0.05) is 12.1 Å². The van der Waals surface area contributed by atoms with Gasteiger partial charge in [-0.15, -0.1) is 0 Å². The van der Waals surface area contributed by atoms with E-state index in [2.05, 4.69) is 36.1 Å². The van der Waals surface area contributed by atoms with E-state index in [4.69, 9.17) is 11.6 Å². The van der Waals surface area contributed by atoms with Gasteiger partial charge in [0.1, 0.15) is 11.0 Å². The van der Waals surface area contributed by atoms with Gasteiger partial charge < -0.3 is 5.32 Å². The molecule has 0 fully saturated rings. The fourth-order valence-corrected chi connectivity index (χ4v) is 2.52. The lowest BCUT2D eigenvalue weighted by Crippen LogP contribution is -2.25. The maximum atomic E-state index is 5.96. The van der Waals surface area contributed by atoms with E-state index < -0.39 is 0 Å². The lowest BCUT2D eigenvalue weighted by Gasteiger charge is -2.23. The molecule has 0 amide bonds. The molecule has 1 N–H and O–H groups in total. The summed E-state index contributed by atoms with van der Waals surface area (Å²) in [5.74, 6) is 1.47. The number of thioether (sulfide) groups is 1. The minimum Gasteiger partial charge on any atom is -0.367 e. The zero-order chi connectivity index (χ0) is 12.8. The summed E-state index contributed by atoms with van der Waals surface area (Å²) in [5.41, 5.74) is 0. The van der Waals surface area contributed by atoms with Crippen molar-refractivity contribution in [3.8, 4) is 0 Å². The Balaban J connectivity index is 2.76. The van der Waals surface area contributed by atoms with Gasteiger partial charge in [0.05, 0.1) is 0 Å². The Kier molecular flexibility index (Phi) is 6.06. The van der Waals surface area contributed by atoms with E-state index in [0.29, 0.717) is 22.3 Å². The molecule has 1 heterocycles. The Morgan fingerprint density at radius 2 is 2.00 bits per heavy atom. The maximum Gasteiger partial charge on any atom is 0.190 e. The molecule has 0 saturated carbocycles. The Bertz CT molecular complexity index is 356. The predicted octanol–water partition coefficient (Wildman–Crippen LogP) is 4.09. The van der Waals surface area contributed by atoms with Crippen LogP contribution < -0.4 is 5.32 Å². The van der Waals surface area contributed by atoms with Gasteiger partial charge in [-0.1, -0.05) is 50.1 Å². The number of hydrogen-bond donors (Lipinski definition) is 1. The summed E-state index contributed by atoms with van der Waals surface area (Å²) < 4.78 is 0. The van der Waals surface area contributed by atoms with Crippen molar-refractivity contribution >= 4 is 29.2 Å². The topological polar surface area (TPSA) is 37.8 Å². The second-order valence-corrected chi connectivity index (χ2v) is 5.23. The van der Waals surface area contributed by atoms with Crippen LogP contribution in [-0.2, 0) is 0 Å². The molecule has 0 aliphatic heterocycles. The Hall–Kier alpha value is -0.480. The van der Waals surface area contributed by atoms with Crippen molar-refractivity contribution in [2.24, 2.45) is 5.92 Å². The minimum atomic E-state index is 0.394. The van der Waals surface area contributed by atoms with Gasteiger partial charge in [0.25, 0.3) is 0 Å². The Labute approximate surface area is 113 Å². The third kappa shape index (κ3) is 4.36. The fraction of sp³-hybridized carbons (Fsp3) is 0.667. The second kappa shape index (κ2) is 7.07. The number of hydrogen-bond acceptors (Lipinski definition) is 4. The molecule has 1 atom stereocenters. The van der Waals surface area contributed by atoms with Crippen LogP contribution in [0.5, 0.6) is 0 Å². The third-order valence-corrected chi connectivity index (χ3v) is 3.73. The van der Waals surface area contributed by atoms with E-state index in [0.717, 1.165) is 5.82 Å². The molecule has 17 heavy (non-hydrogen) atoms. The van der Waals surface area contributed by atoms with Crippen molar-refractivity contribution in [2.45, 2.75) is 44.8 Å². The van der Waals surface area contributed by atoms with Gasteiger partial charge in [-0.25, -0.2) is 9.97 Å². The first-order valence-corrected chi connectivity index (χ1v) is 7.56. The highest BCUT2D eigenvalue weighted by molar-refractivity contribution is 7.98. The molecule has 0 radical (unpaired) electrons. The van der Waals surface area contributed by atoms with Crippen molar-refractivity contribution in [3.05, 3.63) is 11.2 Å². The van der Waals surface area contributed by atoms with Crippen molar-refractivity contribution in [3.63, 3.8) is 0 Å². The number of rotatable bonds is 6. The summed E-state index contributed by atoms with van der Waals surface area (Å²) in [7, 11) is 0. The number of nitrogens with zero attached hydrogens (tertiary/aromatic N) is 2. The van der Waals surface area contributed by atoms with E-state index in [1.165, 1.54) is 24.6 Å². The van der Waals surface area contributed by atoms with Crippen molar-refractivity contribution in [2.75, 3.05) is 11.6 Å². The third-order valence-electron chi connectivity index (χ3n) is 2.99. The van der Waals surface area contributed by atoms with E-state index in [9.17, 15) is 0 Å². The van der Waals surface area contributed by atoms with Gasteiger partial charge in [-0.3, -0.25) is 0 Å². The first-order valence-electron chi connectivity index (χ1n) is 5.95. The first-order chi connectivity index (χ1) is 8.10. The summed E-state index contributed by atoms with van der Waals surface area (Å²) in [6, 6.07) is 2.17. The Morgan fingerprint density at radius 1 is 1.35 bits per heavy atom. The van der Waals surface area contributed by atoms with Crippen LogP contribution in [0.15, 0.2) is 11.2 Å². The largest absolute Gasteiger partial charge is 0.367 e. The molecule has 0 saturated heterocycles. The van der Waals surface area contributed by atoms with Crippen LogP contribution in [0, 0.1) is 5.92 Å². The van der Waals surface area contributed by atoms with Crippen LogP contribution in [0.3, 0.4) is 0 Å². The van der Waals surface area contributed by atoms with Gasteiger partial charge in [-0.2, -0.15) is 0 Å². The lowest BCUT2D eigenvalue weighted by molar-refractivity contribution is 0.437. The van der Waals surface area contributed by atoms with Gasteiger partial charge in [0.2, 0.25) is 0 Å². The molecule has 1 aromatic rings. The average Bonchev–Trinajstić information content (AvgIpc) is 2.29. The molecule has 3 nitrogen and oxygen atoms in total. The number of anilines is 1. The molecular weight excluding hydrogens is 254 g/mol. The molecule has 0 aliphatic carbocycles. The van der Waals surface area contributed by atoms with Crippen molar-refractivity contribution in [1.29, 1.82) is 0 Å². The molecule has 1 unspecified atom stereocenters. The number of halogens is 1. The Morgan fingerprint density at radius 3 is 2.53 bits per heavy atom. The van der Waals surface area contributed by atoms with E-state index in [1.54, 1.807) is 6.07 Å². The highest BCUT2D eigenvalue weighted by Crippen LogP contribution is 2.21. The molecular formula is C12H20ClN3S. The standard InChI is InChI=1S/C12H20ClN3S/c1-5-9(6-2)8(3)14-11-7-10(13)15-12(16-11)17-4/h7-9H,5-6H2,1-4H3,(H,14,15,16). The minimum absolute atomic E-state index is 0.394. The molecule has 96 valence electrons. The van der Waals surface area contributed by atoms with Crippen molar-refractivity contribution in [1.82, 2.24) is 9.97 Å². The van der Waals surface area contributed by atoms with Crippen LogP contribution in [0.1, 0.15) is 33.6 Å². The summed E-state index contributed by atoms with van der Waals surface area (Å²) in [6.07, 6.45) is 4.28. The normalized spacial score (nSPS) is 12.8. The quantitative estimate of drug-likeness (QED) is 0.481. The second-order valence-electron chi connectivity index (χ2n) is 4.07. The SMILES string of the molecule is CCC(CC)C(C)Nc1cc(Cl)nc(SC)n1. The van der Waals surface area contributed by atoms with Crippen LogP contribution in [0.2, 0.25) is 5.15 Å². The zero-order valence-electron chi connectivity index (χ0n) is 10.8. The van der Waals surface area contributed by atoms with E-state index in [-0.39, 0.29) is 0 Å². The molecule has 0 spiro atoms. The van der Waals surface area contributed by atoms with Crippen LogP contribution in [-0.4, -0.2) is 22.3 Å². The van der Waals surface area contributed by atoms with Crippen LogP contribution >= 0.6 is 23.4 Å². The monoisotopic (exact) mass is 273 g/mol. The summed E-state index contributed by atoms with van der Waals surface area (Å²) >= 11 is 7.45. The fourth-order valence-electron chi connectivity index (χ4n) is 1.91. The first kappa shape index (κ1) is 14.6. The molecule has 1 aromatic heterocycles. The summed E-state index contributed by atoms with van der Waals surface area (Å²) in [5, 5.41) is 4.61. The average molecular weight is 274 g/mol. The van der Waals surface area contributed by atoms with E-state index >= 15 is 0 Å². The molecule has 0 bridgehead atoms. The maximum absolute atomic E-state index is 5.96. The van der Waals surface area contributed by atoms with Gasteiger partial charge >= 0.3 is 0 Å². The molecule has 1 rings (SSSR count). The van der Waals surface area contributed by atoms with Crippen LogP contribution in [0.4, 0.5) is 5.82 Å². The number of nitrogens with one attached hydrogen (secondary N) is 1. The van der Waals surface area contributed by atoms with Crippen molar-refractivity contribution < 1.29 is 0 Å². The zero-order valence-corrected chi connectivity index (χ0v) is 12.4. The molecule has 0 aliphatic rings. The van der Waals surface area contributed by atoms with Crippen LogP contribution in [0.25, 0.3) is 0 Å². The highest BCUT2D eigenvalue weighted by Gasteiger charge is 2.14. The van der Waals surface area contributed by atoms with Gasteiger partial charge in [-0.05, 0) is 19.1 Å². The smallest absolute Gasteiger partial charge is 0.190 e. The highest BCUT2D eigenvalue weighted by atomic mass is 35.5. The van der Waals surface area contributed by atoms with Gasteiger partial charge in [0.15, 0.2) is 5.16 Å². The van der Waals surface area contributed by atoms with E-state index in [1.807, 2.05) is 6.26 Å². The summed E-state index contributed by atoms with van der Waals surface area (Å²) in [6.45, 7) is 6.62.